The zero-order chi connectivity index (χ0) is 14.0. The zero-order valence-electron chi connectivity index (χ0n) is 10.6. The Hall–Kier alpha value is -1.40. The second kappa shape index (κ2) is 5.30. The molecule has 0 radical (unpaired) electrons. The highest BCUT2D eigenvalue weighted by atomic mass is 35.7. The monoisotopic (exact) mass is 299 g/mol. The lowest BCUT2D eigenvalue weighted by Crippen LogP contribution is -2.10. The second-order valence-corrected chi connectivity index (χ2v) is 6.67. The summed E-state index contributed by atoms with van der Waals surface area (Å²) in [5, 5.41) is 7.43. The van der Waals surface area contributed by atoms with Crippen molar-refractivity contribution in [1.29, 1.82) is 0 Å². The van der Waals surface area contributed by atoms with Gasteiger partial charge in [-0.15, -0.1) is 10.2 Å². The number of hydrogen-bond acceptors (Lipinski definition) is 4. The van der Waals surface area contributed by atoms with Crippen molar-refractivity contribution in [3.63, 3.8) is 0 Å². The summed E-state index contributed by atoms with van der Waals surface area (Å²) in [6, 6.07) is 9.78. The van der Waals surface area contributed by atoms with E-state index in [9.17, 15) is 8.42 Å². The minimum absolute atomic E-state index is 0.00846. The van der Waals surface area contributed by atoms with Crippen molar-refractivity contribution >= 4 is 19.7 Å². The molecule has 102 valence electrons. The highest BCUT2D eigenvalue weighted by molar-refractivity contribution is 8.13. The van der Waals surface area contributed by atoms with E-state index >= 15 is 0 Å². The summed E-state index contributed by atoms with van der Waals surface area (Å²) < 4.78 is 24.1. The summed E-state index contributed by atoms with van der Waals surface area (Å²) in [5.41, 5.74) is 1.07. The maximum Gasteiger partial charge on any atom is 0.296 e. The van der Waals surface area contributed by atoms with Gasteiger partial charge in [-0.3, -0.25) is 0 Å². The normalized spacial score (nSPS) is 13.4. The summed E-state index contributed by atoms with van der Waals surface area (Å²) in [7, 11) is 3.05. The van der Waals surface area contributed by atoms with Crippen molar-refractivity contribution in [2.75, 3.05) is 0 Å². The molecule has 19 heavy (non-hydrogen) atoms. The molecule has 2 aromatic rings. The SMILES string of the molecule is CCC(c1ccccc1)c1nnc(S(=O)(=O)Cl)n1C. The van der Waals surface area contributed by atoms with Gasteiger partial charge in [0.2, 0.25) is 0 Å². The van der Waals surface area contributed by atoms with Gasteiger partial charge in [0, 0.05) is 23.6 Å². The Kier molecular flexibility index (Phi) is 3.91. The fourth-order valence-corrected chi connectivity index (χ4v) is 3.06. The molecule has 0 aliphatic heterocycles. The molecule has 1 atom stereocenters. The van der Waals surface area contributed by atoms with Gasteiger partial charge in [0.15, 0.2) is 0 Å². The number of aromatic nitrogens is 3. The Morgan fingerprint density at radius 2 is 1.89 bits per heavy atom. The van der Waals surface area contributed by atoms with E-state index in [2.05, 4.69) is 10.2 Å². The zero-order valence-corrected chi connectivity index (χ0v) is 12.2. The summed E-state index contributed by atoms with van der Waals surface area (Å²) in [6.07, 6.45) is 0.790. The molecule has 1 heterocycles. The summed E-state index contributed by atoms with van der Waals surface area (Å²) in [4.78, 5) is 0. The molecule has 1 aromatic heterocycles. The maximum absolute atomic E-state index is 11.4. The molecular formula is C12H14ClN3O2S. The van der Waals surface area contributed by atoms with Crippen LogP contribution in [0.1, 0.15) is 30.7 Å². The lowest BCUT2D eigenvalue weighted by molar-refractivity contribution is 0.586. The van der Waals surface area contributed by atoms with Gasteiger partial charge in [-0.25, -0.2) is 8.42 Å². The van der Waals surface area contributed by atoms with Gasteiger partial charge in [0.25, 0.3) is 14.2 Å². The number of nitrogens with zero attached hydrogens (tertiary/aromatic N) is 3. The lowest BCUT2D eigenvalue weighted by Gasteiger charge is -2.14. The first kappa shape index (κ1) is 14.0. The highest BCUT2D eigenvalue weighted by Crippen LogP contribution is 2.27. The van der Waals surface area contributed by atoms with Crippen molar-refractivity contribution in [1.82, 2.24) is 14.8 Å². The van der Waals surface area contributed by atoms with Gasteiger partial charge in [-0.2, -0.15) is 0 Å². The molecule has 0 aliphatic rings. The number of benzene rings is 1. The topological polar surface area (TPSA) is 64.8 Å². The summed E-state index contributed by atoms with van der Waals surface area (Å²) >= 11 is 0. The van der Waals surface area contributed by atoms with Crippen LogP contribution in [-0.2, 0) is 16.1 Å². The van der Waals surface area contributed by atoms with E-state index in [4.69, 9.17) is 10.7 Å². The van der Waals surface area contributed by atoms with Crippen LogP contribution in [0, 0.1) is 0 Å². The number of rotatable bonds is 4. The third kappa shape index (κ3) is 2.79. The van der Waals surface area contributed by atoms with Crippen LogP contribution >= 0.6 is 10.7 Å². The Bertz CT molecular complexity index is 668. The fourth-order valence-electron chi connectivity index (χ4n) is 2.09. The van der Waals surface area contributed by atoms with E-state index in [1.807, 2.05) is 37.3 Å². The third-order valence-electron chi connectivity index (χ3n) is 3.01. The predicted octanol–water partition coefficient (Wildman–Crippen LogP) is 2.28. The smallest absolute Gasteiger partial charge is 0.296 e. The summed E-state index contributed by atoms with van der Waals surface area (Å²) in [5.74, 6) is 0.582. The van der Waals surface area contributed by atoms with Crippen molar-refractivity contribution in [2.45, 2.75) is 24.4 Å². The van der Waals surface area contributed by atoms with E-state index in [-0.39, 0.29) is 11.1 Å². The van der Waals surface area contributed by atoms with Gasteiger partial charge >= 0.3 is 0 Å². The average molecular weight is 300 g/mol. The highest BCUT2D eigenvalue weighted by Gasteiger charge is 2.24. The molecule has 0 spiro atoms. The quantitative estimate of drug-likeness (QED) is 0.813. The van der Waals surface area contributed by atoms with Crippen LogP contribution in [0.5, 0.6) is 0 Å². The van der Waals surface area contributed by atoms with Crippen LogP contribution in [0.4, 0.5) is 0 Å². The van der Waals surface area contributed by atoms with Crippen LogP contribution in [0.3, 0.4) is 0 Å². The van der Waals surface area contributed by atoms with Gasteiger partial charge in [-0.1, -0.05) is 37.3 Å². The first-order chi connectivity index (χ1) is 8.95. The van der Waals surface area contributed by atoms with Crippen LogP contribution in [-0.4, -0.2) is 23.2 Å². The van der Waals surface area contributed by atoms with Crippen LogP contribution < -0.4 is 0 Å². The maximum atomic E-state index is 11.4. The van der Waals surface area contributed by atoms with E-state index in [0.717, 1.165) is 12.0 Å². The van der Waals surface area contributed by atoms with Gasteiger partial charge in [0.1, 0.15) is 5.82 Å². The standard InChI is InChI=1S/C12H14ClN3O2S/c1-3-10(9-7-5-4-6-8-9)11-14-15-12(16(11)2)19(13,17)18/h4-8,10H,3H2,1-2H3. The number of hydrogen-bond donors (Lipinski definition) is 0. The van der Waals surface area contributed by atoms with Crippen molar-refractivity contribution in [3.8, 4) is 0 Å². The minimum Gasteiger partial charge on any atom is -0.303 e. The van der Waals surface area contributed by atoms with Crippen molar-refractivity contribution < 1.29 is 8.42 Å². The van der Waals surface area contributed by atoms with Crippen LogP contribution in [0.2, 0.25) is 0 Å². The molecule has 0 aliphatic carbocycles. The predicted molar refractivity (Wildman–Crippen MR) is 72.6 cm³/mol. The van der Waals surface area contributed by atoms with Gasteiger partial charge in [0.05, 0.1) is 0 Å². The third-order valence-corrected chi connectivity index (χ3v) is 4.21. The molecule has 0 saturated heterocycles. The van der Waals surface area contributed by atoms with Gasteiger partial charge in [-0.05, 0) is 12.0 Å². The molecule has 1 aromatic carbocycles. The van der Waals surface area contributed by atoms with E-state index in [1.165, 1.54) is 4.57 Å². The molecule has 0 N–H and O–H groups in total. The summed E-state index contributed by atoms with van der Waals surface area (Å²) in [6.45, 7) is 2.02. The molecule has 7 heteroatoms. The Morgan fingerprint density at radius 3 is 2.37 bits per heavy atom. The Balaban J connectivity index is 2.49. The van der Waals surface area contributed by atoms with E-state index < -0.39 is 9.05 Å². The number of halogens is 1. The van der Waals surface area contributed by atoms with Gasteiger partial charge < -0.3 is 4.57 Å². The van der Waals surface area contributed by atoms with Crippen molar-refractivity contribution in [2.24, 2.45) is 7.05 Å². The minimum atomic E-state index is -3.88. The Morgan fingerprint density at radius 1 is 1.26 bits per heavy atom. The molecule has 0 saturated carbocycles. The van der Waals surface area contributed by atoms with E-state index in [0.29, 0.717) is 5.82 Å². The molecule has 0 amide bonds. The van der Waals surface area contributed by atoms with Crippen molar-refractivity contribution in [3.05, 3.63) is 41.7 Å². The van der Waals surface area contributed by atoms with Crippen LogP contribution in [0.15, 0.2) is 35.5 Å². The molecule has 5 nitrogen and oxygen atoms in total. The molecule has 0 bridgehead atoms. The molecule has 2 rings (SSSR count). The lowest BCUT2D eigenvalue weighted by atomic mass is 9.96. The second-order valence-electron chi connectivity index (χ2n) is 4.21. The fraction of sp³-hybridized carbons (Fsp3) is 0.333. The molecule has 1 unspecified atom stereocenters. The average Bonchev–Trinajstić information content (AvgIpc) is 2.74. The molecular weight excluding hydrogens is 286 g/mol. The first-order valence-corrected chi connectivity index (χ1v) is 8.15. The molecule has 0 fully saturated rings. The largest absolute Gasteiger partial charge is 0.303 e. The first-order valence-electron chi connectivity index (χ1n) is 5.84. The van der Waals surface area contributed by atoms with Crippen LogP contribution in [0.25, 0.3) is 0 Å². The Labute approximate surface area is 116 Å². The van der Waals surface area contributed by atoms with E-state index in [1.54, 1.807) is 7.05 Å².